The number of hydrogen-bond acceptors (Lipinski definition) is 5. The van der Waals surface area contributed by atoms with Crippen molar-refractivity contribution < 1.29 is 13.9 Å². The van der Waals surface area contributed by atoms with Crippen molar-refractivity contribution >= 4 is 11.4 Å². The topological polar surface area (TPSA) is 72.6 Å². The SMILES string of the molecule is O=C(c1ccnc(F)c1)N1CCOC(c2ncn3cc(-c4cccnc4)ccc23)C1. The number of amides is 1. The monoisotopic (exact) mass is 403 g/mol. The normalized spacial score (nSPS) is 16.7. The van der Waals surface area contributed by atoms with Gasteiger partial charge in [-0.3, -0.25) is 9.78 Å². The Kier molecular flexibility index (Phi) is 4.68. The molecule has 5 heterocycles. The Morgan fingerprint density at radius 2 is 2.07 bits per heavy atom. The van der Waals surface area contributed by atoms with Crippen LogP contribution in [-0.2, 0) is 4.74 Å². The molecule has 1 aliphatic heterocycles. The van der Waals surface area contributed by atoms with Gasteiger partial charge >= 0.3 is 0 Å². The van der Waals surface area contributed by atoms with E-state index in [0.29, 0.717) is 19.7 Å². The molecule has 1 amide bonds. The summed E-state index contributed by atoms with van der Waals surface area (Å²) in [5.74, 6) is -0.915. The number of imidazole rings is 1. The first kappa shape index (κ1) is 18.4. The lowest BCUT2D eigenvalue weighted by Gasteiger charge is -2.32. The molecule has 5 rings (SSSR count). The van der Waals surface area contributed by atoms with Crippen molar-refractivity contribution in [3.8, 4) is 11.1 Å². The number of ether oxygens (including phenoxy) is 1. The van der Waals surface area contributed by atoms with E-state index in [0.717, 1.165) is 28.4 Å². The van der Waals surface area contributed by atoms with Crippen LogP contribution in [0.25, 0.3) is 16.6 Å². The lowest BCUT2D eigenvalue weighted by atomic mass is 10.1. The lowest BCUT2D eigenvalue weighted by Crippen LogP contribution is -2.42. The van der Waals surface area contributed by atoms with Gasteiger partial charge in [-0.25, -0.2) is 9.97 Å². The number of halogens is 1. The van der Waals surface area contributed by atoms with Gasteiger partial charge in [-0.15, -0.1) is 0 Å². The third-order valence-electron chi connectivity index (χ3n) is 5.19. The van der Waals surface area contributed by atoms with Crippen LogP contribution in [-0.4, -0.2) is 49.9 Å². The number of carbonyl (C=O) groups excluding carboxylic acids is 1. The van der Waals surface area contributed by atoms with Crippen LogP contribution in [0, 0.1) is 5.95 Å². The molecule has 4 aromatic rings. The zero-order valence-electron chi connectivity index (χ0n) is 16.0. The van der Waals surface area contributed by atoms with E-state index < -0.39 is 5.95 Å². The highest BCUT2D eigenvalue weighted by Crippen LogP contribution is 2.27. The van der Waals surface area contributed by atoms with Crippen LogP contribution in [0.2, 0.25) is 0 Å². The second-order valence-corrected chi connectivity index (χ2v) is 7.06. The Bertz CT molecular complexity index is 1210. The number of rotatable bonds is 3. The van der Waals surface area contributed by atoms with Gasteiger partial charge in [-0.1, -0.05) is 12.1 Å². The Balaban J connectivity index is 1.40. The molecule has 1 saturated heterocycles. The number of nitrogens with zero attached hydrogens (tertiary/aromatic N) is 5. The van der Waals surface area contributed by atoms with E-state index in [1.807, 2.05) is 41.1 Å². The van der Waals surface area contributed by atoms with E-state index in [2.05, 4.69) is 15.0 Å². The summed E-state index contributed by atoms with van der Waals surface area (Å²) >= 11 is 0. The van der Waals surface area contributed by atoms with Crippen LogP contribution in [0.5, 0.6) is 0 Å². The van der Waals surface area contributed by atoms with Crippen molar-refractivity contribution in [2.45, 2.75) is 6.10 Å². The molecule has 0 spiro atoms. The molecule has 0 aliphatic carbocycles. The molecule has 8 heteroatoms. The second kappa shape index (κ2) is 7.64. The van der Waals surface area contributed by atoms with Gasteiger partial charge in [0.2, 0.25) is 5.95 Å². The van der Waals surface area contributed by atoms with Crippen molar-refractivity contribution in [3.63, 3.8) is 0 Å². The fourth-order valence-electron chi connectivity index (χ4n) is 3.69. The minimum atomic E-state index is -0.671. The molecule has 4 aromatic heterocycles. The van der Waals surface area contributed by atoms with Crippen LogP contribution in [0.1, 0.15) is 22.2 Å². The number of carbonyl (C=O) groups is 1. The van der Waals surface area contributed by atoms with Crippen molar-refractivity contribution in [1.29, 1.82) is 0 Å². The van der Waals surface area contributed by atoms with Gasteiger partial charge < -0.3 is 14.0 Å². The van der Waals surface area contributed by atoms with Crippen molar-refractivity contribution in [2.24, 2.45) is 0 Å². The van der Waals surface area contributed by atoms with Gasteiger partial charge in [0, 0.05) is 48.5 Å². The summed E-state index contributed by atoms with van der Waals surface area (Å²) in [5, 5.41) is 0. The predicted molar refractivity (Wildman–Crippen MR) is 107 cm³/mol. The minimum absolute atomic E-state index is 0.244. The van der Waals surface area contributed by atoms with Crippen LogP contribution < -0.4 is 0 Å². The highest BCUT2D eigenvalue weighted by molar-refractivity contribution is 5.94. The second-order valence-electron chi connectivity index (χ2n) is 7.06. The molecular weight excluding hydrogens is 385 g/mol. The molecule has 30 heavy (non-hydrogen) atoms. The fraction of sp³-hybridized carbons (Fsp3) is 0.182. The van der Waals surface area contributed by atoms with Gasteiger partial charge in [-0.2, -0.15) is 4.39 Å². The molecule has 1 fully saturated rings. The van der Waals surface area contributed by atoms with Gasteiger partial charge in [0.25, 0.3) is 5.91 Å². The van der Waals surface area contributed by atoms with E-state index in [1.54, 1.807) is 17.4 Å². The molecule has 1 atom stereocenters. The molecule has 150 valence electrons. The van der Waals surface area contributed by atoms with E-state index in [1.165, 1.54) is 12.3 Å². The molecule has 0 saturated carbocycles. The van der Waals surface area contributed by atoms with Gasteiger partial charge in [0.15, 0.2) is 0 Å². The summed E-state index contributed by atoms with van der Waals surface area (Å²) < 4.78 is 21.3. The number of fused-ring (bicyclic) bond motifs is 1. The summed E-state index contributed by atoms with van der Waals surface area (Å²) in [5.41, 5.74) is 4.01. The standard InChI is InChI=1S/C22H18FN5O2/c23-20-10-15(5-7-25-20)22(29)27-8-9-30-19(13-27)21-18-4-3-17(12-28(18)14-26-21)16-2-1-6-24-11-16/h1-7,10-12,14,19H,8-9,13H2. The van der Waals surface area contributed by atoms with Gasteiger partial charge in [0.05, 0.1) is 30.7 Å². The first-order valence-corrected chi connectivity index (χ1v) is 9.58. The maximum absolute atomic E-state index is 13.4. The average Bonchev–Trinajstić information content (AvgIpc) is 3.22. The molecular formula is C22H18FN5O2. The quantitative estimate of drug-likeness (QED) is 0.492. The summed E-state index contributed by atoms with van der Waals surface area (Å²) in [4.78, 5) is 26.7. The maximum atomic E-state index is 13.4. The number of hydrogen-bond donors (Lipinski definition) is 0. The average molecular weight is 403 g/mol. The summed E-state index contributed by atoms with van der Waals surface area (Å²) in [7, 11) is 0. The Hall–Kier alpha value is -3.65. The summed E-state index contributed by atoms with van der Waals surface area (Å²) in [6.45, 7) is 1.17. The molecule has 0 radical (unpaired) electrons. The Morgan fingerprint density at radius 1 is 1.13 bits per heavy atom. The third kappa shape index (κ3) is 3.42. The first-order valence-electron chi connectivity index (χ1n) is 9.58. The summed E-state index contributed by atoms with van der Waals surface area (Å²) in [6.07, 6.45) is 8.23. The van der Waals surface area contributed by atoms with Crippen molar-refractivity contribution in [3.05, 3.63) is 84.7 Å². The Morgan fingerprint density at radius 3 is 2.90 bits per heavy atom. The number of morpholine rings is 1. The zero-order valence-corrected chi connectivity index (χ0v) is 16.0. The molecule has 7 nitrogen and oxygen atoms in total. The highest BCUT2D eigenvalue weighted by atomic mass is 19.1. The Labute approximate surface area is 171 Å². The van der Waals surface area contributed by atoms with Crippen LogP contribution >= 0.6 is 0 Å². The smallest absolute Gasteiger partial charge is 0.254 e. The summed E-state index contributed by atoms with van der Waals surface area (Å²) in [6, 6.07) is 10.6. The predicted octanol–water partition coefficient (Wildman–Crippen LogP) is 3.14. The van der Waals surface area contributed by atoms with Gasteiger partial charge in [-0.05, 0) is 23.8 Å². The van der Waals surface area contributed by atoms with Crippen molar-refractivity contribution in [1.82, 2.24) is 24.3 Å². The van der Waals surface area contributed by atoms with Gasteiger partial charge in [0.1, 0.15) is 6.10 Å². The number of pyridine rings is 3. The van der Waals surface area contributed by atoms with Crippen LogP contribution in [0.15, 0.2) is 67.5 Å². The fourth-order valence-corrected chi connectivity index (χ4v) is 3.69. The van der Waals surface area contributed by atoms with E-state index in [-0.39, 0.29) is 17.6 Å². The van der Waals surface area contributed by atoms with E-state index >= 15 is 0 Å². The lowest BCUT2D eigenvalue weighted by molar-refractivity contribution is -0.0239. The molecule has 0 aromatic carbocycles. The highest BCUT2D eigenvalue weighted by Gasteiger charge is 2.29. The van der Waals surface area contributed by atoms with Crippen molar-refractivity contribution in [2.75, 3.05) is 19.7 Å². The first-order chi connectivity index (χ1) is 14.7. The molecule has 0 bridgehead atoms. The van der Waals surface area contributed by atoms with Crippen LogP contribution in [0.3, 0.4) is 0 Å². The molecule has 0 N–H and O–H groups in total. The zero-order chi connectivity index (χ0) is 20.5. The van der Waals surface area contributed by atoms with E-state index in [4.69, 9.17) is 4.74 Å². The minimum Gasteiger partial charge on any atom is -0.368 e. The molecule has 1 aliphatic rings. The third-order valence-corrected chi connectivity index (χ3v) is 5.19. The van der Waals surface area contributed by atoms with E-state index in [9.17, 15) is 9.18 Å². The van der Waals surface area contributed by atoms with Crippen LogP contribution in [0.4, 0.5) is 4.39 Å². The maximum Gasteiger partial charge on any atom is 0.254 e. The molecule has 1 unspecified atom stereocenters. The largest absolute Gasteiger partial charge is 0.368 e. The number of aromatic nitrogens is 4.